The first-order valence-corrected chi connectivity index (χ1v) is 14.9. The molecule has 212 valence electrons. The SMILES string of the molecule is O=S(=O)(O)CCNC1NC(O)NC(NC2CCCC(NC3NC(O)NC(NCCS(=O)(=O)O)N3)C2)N1. The van der Waals surface area contributed by atoms with Crippen molar-refractivity contribution in [3.8, 4) is 0 Å². The zero-order valence-electron chi connectivity index (χ0n) is 19.5. The number of rotatable bonds is 12. The molecule has 3 rings (SSSR count). The van der Waals surface area contributed by atoms with E-state index in [2.05, 4.69) is 53.2 Å². The first kappa shape index (κ1) is 29.9. The molecule has 1 aliphatic carbocycles. The number of aliphatic hydroxyl groups excluding tert-OH is 2. The molecule has 0 aromatic carbocycles. The van der Waals surface area contributed by atoms with E-state index in [1.165, 1.54) is 0 Å². The highest BCUT2D eigenvalue weighted by Crippen LogP contribution is 2.19. The van der Waals surface area contributed by atoms with Crippen LogP contribution in [0.25, 0.3) is 0 Å². The number of hydrogen-bond donors (Lipinski definition) is 14. The molecule has 0 bridgehead atoms. The Labute approximate surface area is 210 Å². The van der Waals surface area contributed by atoms with Crippen LogP contribution in [0, 0.1) is 0 Å². The van der Waals surface area contributed by atoms with Gasteiger partial charge in [-0.05, 0) is 19.3 Å². The van der Waals surface area contributed by atoms with Crippen LogP contribution in [0.15, 0.2) is 0 Å². The van der Waals surface area contributed by atoms with Crippen LogP contribution in [0.1, 0.15) is 25.7 Å². The quantitative estimate of drug-likeness (QED) is 0.0985. The third-order valence-corrected chi connectivity index (χ3v) is 7.30. The second kappa shape index (κ2) is 13.4. The minimum Gasteiger partial charge on any atom is -0.365 e. The first-order valence-electron chi connectivity index (χ1n) is 11.7. The minimum absolute atomic E-state index is 0.0217. The lowest BCUT2D eigenvalue weighted by Gasteiger charge is -2.42. The molecule has 18 nitrogen and oxygen atoms in total. The van der Waals surface area contributed by atoms with Crippen molar-refractivity contribution >= 4 is 20.2 Å². The van der Waals surface area contributed by atoms with Crippen molar-refractivity contribution in [2.75, 3.05) is 24.6 Å². The van der Waals surface area contributed by atoms with E-state index < -0.39 is 69.6 Å². The van der Waals surface area contributed by atoms with Crippen LogP contribution in [-0.4, -0.2) is 111 Å². The van der Waals surface area contributed by atoms with E-state index in [0.29, 0.717) is 0 Å². The Balaban J connectivity index is 1.43. The Morgan fingerprint density at radius 2 is 1.03 bits per heavy atom. The molecule has 20 heteroatoms. The maximum Gasteiger partial charge on any atom is 0.266 e. The van der Waals surface area contributed by atoms with Gasteiger partial charge in [-0.3, -0.25) is 62.3 Å². The second-order valence-corrected chi connectivity index (χ2v) is 12.1. The average Bonchev–Trinajstić information content (AvgIpc) is 2.71. The minimum atomic E-state index is -4.10. The maximum absolute atomic E-state index is 10.9. The lowest BCUT2D eigenvalue weighted by Crippen LogP contribution is -2.76. The molecule has 8 unspecified atom stereocenters. The third kappa shape index (κ3) is 11.4. The summed E-state index contributed by atoms with van der Waals surface area (Å²) < 4.78 is 61.3. The molecule has 0 radical (unpaired) electrons. The zero-order chi connectivity index (χ0) is 26.3. The molecule has 3 aliphatic rings. The van der Waals surface area contributed by atoms with Crippen LogP contribution in [0.4, 0.5) is 0 Å². The molecule has 0 aromatic rings. The number of aliphatic hydroxyl groups is 2. The molecule has 0 spiro atoms. The van der Waals surface area contributed by atoms with Gasteiger partial charge < -0.3 is 10.2 Å². The largest absolute Gasteiger partial charge is 0.365 e. The van der Waals surface area contributed by atoms with E-state index in [9.17, 15) is 27.0 Å². The molecule has 0 aromatic heterocycles. The topological polar surface area (TPSA) is 269 Å². The van der Waals surface area contributed by atoms with Crippen LogP contribution in [0.3, 0.4) is 0 Å². The Bertz CT molecular complexity index is 829. The number of nitrogens with one attached hydrogen (secondary N) is 10. The van der Waals surface area contributed by atoms with Gasteiger partial charge in [0.25, 0.3) is 20.2 Å². The highest BCUT2D eigenvalue weighted by molar-refractivity contribution is 7.86. The van der Waals surface area contributed by atoms with Crippen LogP contribution in [0.5, 0.6) is 0 Å². The fraction of sp³-hybridized carbons (Fsp3) is 1.00. The molecule has 8 atom stereocenters. The van der Waals surface area contributed by atoms with Crippen molar-refractivity contribution in [2.24, 2.45) is 0 Å². The molecule has 0 amide bonds. The lowest BCUT2D eigenvalue weighted by atomic mass is 9.91. The summed E-state index contributed by atoms with van der Waals surface area (Å²) in [5.74, 6) is -0.927. The van der Waals surface area contributed by atoms with Gasteiger partial charge in [0.1, 0.15) is 25.2 Å². The van der Waals surface area contributed by atoms with Crippen molar-refractivity contribution in [1.82, 2.24) is 53.2 Å². The van der Waals surface area contributed by atoms with Gasteiger partial charge in [-0.25, -0.2) is 0 Å². The molecule has 36 heavy (non-hydrogen) atoms. The first-order chi connectivity index (χ1) is 16.8. The lowest BCUT2D eigenvalue weighted by molar-refractivity contribution is 0.00247. The van der Waals surface area contributed by atoms with Crippen molar-refractivity contribution in [3.05, 3.63) is 0 Å². The van der Waals surface area contributed by atoms with Gasteiger partial charge in [0.05, 0.1) is 11.5 Å². The molecule has 2 aliphatic heterocycles. The number of hydrogen-bond acceptors (Lipinski definition) is 16. The van der Waals surface area contributed by atoms with E-state index in [4.69, 9.17) is 9.11 Å². The van der Waals surface area contributed by atoms with Gasteiger partial charge in [0, 0.05) is 25.2 Å². The van der Waals surface area contributed by atoms with Gasteiger partial charge in [-0.2, -0.15) is 16.8 Å². The Morgan fingerprint density at radius 3 is 1.42 bits per heavy atom. The summed E-state index contributed by atoms with van der Waals surface area (Å²) in [6.07, 6.45) is -0.866. The predicted octanol–water partition coefficient (Wildman–Crippen LogP) is -6.32. The van der Waals surface area contributed by atoms with Crippen molar-refractivity contribution in [2.45, 2.75) is 75.6 Å². The summed E-state index contributed by atoms with van der Waals surface area (Å²) in [6, 6.07) is 0.140. The van der Waals surface area contributed by atoms with E-state index in [-0.39, 0.29) is 25.2 Å². The third-order valence-electron chi connectivity index (χ3n) is 5.86. The van der Waals surface area contributed by atoms with Gasteiger partial charge >= 0.3 is 0 Å². The zero-order valence-corrected chi connectivity index (χ0v) is 21.1. The Morgan fingerprint density at radius 1 is 0.639 bits per heavy atom. The van der Waals surface area contributed by atoms with Gasteiger partial charge in [0.15, 0.2) is 12.7 Å². The van der Waals surface area contributed by atoms with Crippen LogP contribution >= 0.6 is 0 Å². The summed E-state index contributed by atoms with van der Waals surface area (Å²) >= 11 is 0. The Hall–Kier alpha value is -0.660. The molecule has 1 saturated carbocycles. The highest BCUT2D eigenvalue weighted by Gasteiger charge is 2.32. The maximum atomic E-state index is 10.9. The second-order valence-electron chi connectivity index (χ2n) is 8.91. The predicted molar refractivity (Wildman–Crippen MR) is 127 cm³/mol. The molecule has 3 fully saturated rings. The Kier molecular flexibility index (Phi) is 11.1. The average molecular weight is 563 g/mol. The van der Waals surface area contributed by atoms with E-state index in [1.807, 2.05) is 0 Å². The van der Waals surface area contributed by atoms with Gasteiger partial charge in [-0.15, -0.1) is 0 Å². The van der Waals surface area contributed by atoms with Gasteiger partial charge in [-0.1, -0.05) is 6.42 Å². The highest BCUT2D eigenvalue weighted by atomic mass is 32.2. The normalized spacial score (nSPS) is 36.6. The summed E-state index contributed by atoms with van der Waals surface area (Å²) in [5.41, 5.74) is 0. The monoisotopic (exact) mass is 562 g/mol. The standard InChI is InChI=1S/C16H38N10O8S2/c27-15-23-11(17-4-6-35(29,30)31)21-13(25-15)19-9-2-1-3-10(8-9)20-14-22-12(24-16(28)26-14)18-5-7-36(32,33)34/h9-28H,1-8H2,(H,29,30,31)(H,32,33,34). The molecule has 2 heterocycles. The molecular weight excluding hydrogens is 524 g/mol. The van der Waals surface area contributed by atoms with Crippen LogP contribution in [0.2, 0.25) is 0 Å². The summed E-state index contributed by atoms with van der Waals surface area (Å²) in [4.78, 5) is 0. The van der Waals surface area contributed by atoms with E-state index in [0.717, 1.165) is 25.7 Å². The fourth-order valence-corrected chi connectivity index (χ4v) is 5.06. The summed E-state index contributed by atoms with van der Waals surface area (Å²) in [7, 11) is -8.20. The van der Waals surface area contributed by atoms with Crippen LogP contribution in [-0.2, 0) is 20.2 Å². The smallest absolute Gasteiger partial charge is 0.266 e. The van der Waals surface area contributed by atoms with Crippen molar-refractivity contribution < 1.29 is 36.2 Å². The molecular formula is C16H38N10O8S2. The van der Waals surface area contributed by atoms with Crippen molar-refractivity contribution in [3.63, 3.8) is 0 Å². The fourth-order valence-electron chi connectivity index (χ4n) is 4.31. The van der Waals surface area contributed by atoms with Crippen molar-refractivity contribution in [1.29, 1.82) is 0 Å². The van der Waals surface area contributed by atoms with Crippen LogP contribution < -0.4 is 53.2 Å². The van der Waals surface area contributed by atoms with E-state index >= 15 is 0 Å². The van der Waals surface area contributed by atoms with E-state index in [1.54, 1.807) is 0 Å². The molecule has 2 saturated heterocycles. The summed E-state index contributed by atoms with van der Waals surface area (Å²) in [6.45, 7) is -0.0434. The van der Waals surface area contributed by atoms with Gasteiger partial charge in [0.2, 0.25) is 0 Å². The molecule has 14 N–H and O–H groups in total. The summed E-state index contributed by atoms with van der Waals surface area (Å²) in [5, 5.41) is 50.1.